The van der Waals surface area contributed by atoms with Gasteiger partial charge in [-0.25, -0.2) is 18.2 Å². The van der Waals surface area contributed by atoms with Gasteiger partial charge in [0.05, 0.1) is 29.6 Å². The minimum Gasteiger partial charge on any atom is -0.375 e. The van der Waals surface area contributed by atoms with Gasteiger partial charge in [-0.05, 0) is 52.1 Å². The van der Waals surface area contributed by atoms with Crippen LogP contribution in [0.4, 0.5) is 30.4 Å². The number of rotatable bonds is 6. The summed E-state index contributed by atoms with van der Waals surface area (Å²) in [4.78, 5) is 38.2. The SMILES string of the molecule is C[C@@H]1CN(c2ccc(-c3cc(NC(=O)c4c[nH]c(=O)cc4C(F)F)c(N4C[C@@H](C)N(C)[C@@H](C)C4)cc3F)cn2)CCO1. The number of anilines is 3. The minimum absolute atomic E-state index is 0.0735. The van der Waals surface area contributed by atoms with Gasteiger partial charge in [0.15, 0.2) is 0 Å². The van der Waals surface area contributed by atoms with Gasteiger partial charge in [-0.2, -0.15) is 0 Å². The molecule has 0 saturated carbocycles. The lowest BCUT2D eigenvalue weighted by Gasteiger charge is -2.44. The van der Waals surface area contributed by atoms with E-state index in [-0.39, 0.29) is 35.0 Å². The number of hydrogen-bond donors (Lipinski definition) is 2. The summed E-state index contributed by atoms with van der Waals surface area (Å²) in [5, 5.41) is 2.73. The summed E-state index contributed by atoms with van der Waals surface area (Å²) >= 11 is 0. The molecule has 1 amide bonds. The molecule has 3 aromatic rings. The molecule has 9 nitrogen and oxygen atoms in total. The predicted octanol–water partition coefficient (Wildman–Crippen LogP) is 4.52. The highest BCUT2D eigenvalue weighted by molar-refractivity contribution is 6.07. The van der Waals surface area contributed by atoms with Crippen molar-refractivity contribution in [2.45, 2.75) is 45.4 Å². The Morgan fingerprint density at radius 2 is 1.83 bits per heavy atom. The number of aromatic amines is 1. The fourth-order valence-electron chi connectivity index (χ4n) is 5.56. The Kier molecular flexibility index (Phi) is 8.55. The number of H-pyrrole nitrogens is 1. The molecular weight excluding hydrogens is 549 g/mol. The summed E-state index contributed by atoms with van der Waals surface area (Å²) in [5.41, 5.74) is -0.392. The third kappa shape index (κ3) is 6.14. The third-order valence-corrected chi connectivity index (χ3v) is 8.09. The molecule has 4 heterocycles. The van der Waals surface area contributed by atoms with Crippen molar-refractivity contribution < 1.29 is 22.7 Å². The number of alkyl halides is 2. The molecule has 2 aliphatic heterocycles. The van der Waals surface area contributed by atoms with Crippen molar-refractivity contribution in [3.8, 4) is 11.1 Å². The van der Waals surface area contributed by atoms with Crippen LogP contribution < -0.4 is 20.7 Å². The summed E-state index contributed by atoms with van der Waals surface area (Å²) in [7, 11) is 2.02. The quantitative estimate of drug-likeness (QED) is 0.440. The number of aromatic nitrogens is 2. The highest BCUT2D eigenvalue weighted by Gasteiger charge is 2.30. The molecule has 0 aliphatic carbocycles. The van der Waals surface area contributed by atoms with Crippen LogP contribution >= 0.6 is 0 Å². The Labute approximate surface area is 242 Å². The van der Waals surface area contributed by atoms with Crippen LogP contribution in [-0.4, -0.2) is 78.8 Å². The van der Waals surface area contributed by atoms with E-state index in [9.17, 15) is 18.4 Å². The number of nitrogens with zero attached hydrogens (tertiary/aromatic N) is 4. The number of likely N-dealkylation sites (N-methyl/N-ethyl adjacent to an activating group) is 1. The smallest absolute Gasteiger partial charge is 0.264 e. The van der Waals surface area contributed by atoms with Gasteiger partial charge in [-0.1, -0.05) is 0 Å². The Morgan fingerprint density at radius 1 is 1.10 bits per heavy atom. The number of halogens is 3. The number of ether oxygens (including phenoxy) is 1. The second-order valence-electron chi connectivity index (χ2n) is 11.1. The highest BCUT2D eigenvalue weighted by Crippen LogP contribution is 2.37. The second kappa shape index (κ2) is 12.1. The Hall–Kier alpha value is -3.90. The van der Waals surface area contributed by atoms with Gasteiger partial charge in [0.2, 0.25) is 5.56 Å². The van der Waals surface area contributed by atoms with Gasteiger partial charge in [0.25, 0.3) is 12.3 Å². The molecule has 3 atom stereocenters. The predicted molar refractivity (Wildman–Crippen MR) is 156 cm³/mol. The van der Waals surface area contributed by atoms with Crippen molar-refractivity contribution in [2.24, 2.45) is 0 Å². The zero-order chi connectivity index (χ0) is 30.1. The van der Waals surface area contributed by atoms with Gasteiger partial charge in [0.1, 0.15) is 11.6 Å². The van der Waals surface area contributed by atoms with Crippen molar-refractivity contribution in [3.63, 3.8) is 0 Å². The lowest BCUT2D eigenvalue weighted by molar-refractivity contribution is 0.0529. The maximum Gasteiger partial charge on any atom is 0.264 e. The molecule has 2 aliphatic rings. The average molecular weight is 585 g/mol. The second-order valence-corrected chi connectivity index (χ2v) is 11.1. The molecule has 12 heteroatoms. The lowest BCUT2D eigenvalue weighted by atomic mass is 10.0. The standard InChI is InChI=1S/C30H35F3N6O3/c1-17-14-39(15-18(2)37(17)4)26-11-24(31)21(20-5-6-27(34-12-20)38-7-8-42-19(3)16-38)9-25(26)36-30(41)23-13-35-28(40)10-22(23)29(32)33/h5-6,9-13,17-19,29H,7-8,14-16H2,1-4H3,(H,35,40)(H,36,41)/t17-,18+,19-/m1/s1. The Balaban J connectivity index is 1.53. The summed E-state index contributed by atoms with van der Waals surface area (Å²) in [6.07, 6.45) is -0.409. The lowest BCUT2D eigenvalue weighted by Crippen LogP contribution is -2.55. The van der Waals surface area contributed by atoms with Crippen LogP contribution in [0, 0.1) is 5.82 Å². The van der Waals surface area contributed by atoms with E-state index >= 15 is 4.39 Å². The van der Waals surface area contributed by atoms with Gasteiger partial charge < -0.3 is 24.8 Å². The topological polar surface area (TPSA) is 93.8 Å². The van der Waals surface area contributed by atoms with E-state index < -0.39 is 29.3 Å². The fourth-order valence-corrected chi connectivity index (χ4v) is 5.56. The van der Waals surface area contributed by atoms with Crippen LogP contribution in [0.1, 0.15) is 43.1 Å². The first-order chi connectivity index (χ1) is 20.0. The molecule has 2 fully saturated rings. The van der Waals surface area contributed by atoms with E-state index in [1.165, 1.54) is 12.1 Å². The summed E-state index contributed by atoms with van der Waals surface area (Å²) in [6.45, 7) is 9.23. The molecule has 42 heavy (non-hydrogen) atoms. The number of nitrogens with one attached hydrogen (secondary N) is 2. The summed E-state index contributed by atoms with van der Waals surface area (Å²) in [6, 6.07) is 7.46. The number of hydrogen-bond acceptors (Lipinski definition) is 7. The molecule has 2 N–H and O–H groups in total. The summed E-state index contributed by atoms with van der Waals surface area (Å²) in [5.74, 6) is -0.600. The fraction of sp³-hybridized carbons (Fsp3) is 0.433. The number of piperazine rings is 1. The van der Waals surface area contributed by atoms with Crippen molar-refractivity contribution in [3.05, 3.63) is 70.0 Å². The molecule has 1 aromatic carbocycles. The number of carbonyl (C=O) groups excluding carboxylic acids is 1. The van der Waals surface area contributed by atoms with Gasteiger partial charge in [-0.15, -0.1) is 0 Å². The molecule has 0 unspecified atom stereocenters. The monoisotopic (exact) mass is 584 g/mol. The van der Waals surface area contributed by atoms with Crippen molar-refractivity contribution in [2.75, 3.05) is 55.0 Å². The molecule has 5 rings (SSSR count). The highest BCUT2D eigenvalue weighted by atomic mass is 19.3. The van der Waals surface area contributed by atoms with Crippen LogP contribution in [0.25, 0.3) is 11.1 Å². The van der Waals surface area contributed by atoms with E-state index in [1.54, 1.807) is 12.3 Å². The van der Waals surface area contributed by atoms with Crippen LogP contribution in [0.15, 0.2) is 47.5 Å². The molecule has 2 saturated heterocycles. The van der Waals surface area contributed by atoms with Crippen molar-refractivity contribution in [1.29, 1.82) is 0 Å². The number of amides is 1. The van der Waals surface area contributed by atoms with Gasteiger partial charge in [0, 0.05) is 73.4 Å². The van der Waals surface area contributed by atoms with E-state index in [1.807, 2.05) is 24.9 Å². The number of morpholine rings is 1. The minimum atomic E-state index is -3.03. The maximum atomic E-state index is 15.8. The van der Waals surface area contributed by atoms with E-state index in [0.717, 1.165) is 12.0 Å². The average Bonchev–Trinajstić information content (AvgIpc) is 2.96. The molecule has 0 bridgehead atoms. The van der Waals surface area contributed by atoms with Gasteiger partial charge >= 0.3 is 0 Å². The molecule has 0 radical (unpaired) electrons. The van der Waals surface area contributed by atoms with Gasteiger partial charge in [-0.3, -0.25) is 14.5 Å². The molecule has 0 spiro atoms. The zero-order valence-electron chi connectivity index (χ0n) is 24.0. The zero-order valence-corrected chi connectivity index (χ0v) is 24.0. The van der Waals surface area contributed by atoms with Crippen molar-refractivity contribution in [1.82, 2.24) is 14.9 Å². The largest absolute Gasteiger partial charge is 0.375 e. The molecule has 2 aromatic heterocycles. The number of benzene rings is 1. The first kappa shape index (κ1) is 29.6. The van der Waals surface area contributed by atoms with Crippen LogP contribution in [0.3, 0.4) is 0 Å². The third-order valence-electron chi connectivity index (χ3n) is 8.09. The Morgan fingerprint density at radius 3 is 2.48 bits per heavy atom. The van der Waals surface area contributed by atoms with E-state index in [0.29, 0.717) is 50.1 Å². The van der Waals surface area contributed by atoms with Crippen LogP contribution in [-0.2, 0) is 4.74 Å². The van der Waals surface area contributed by atoms with E-state index in [4.69, 9.17) is 4.74 Å². The molecule has 224 valence electrons. The molecular formula is C30H35F3N6O3. The van der Waals surface area contributed by atoms with Crippen molar-refractivity contribution >= 4 is 23.1 Å². The Bertz CT molecular complexity index is 1490. The van der Waals surface area contributed by atoms with Crippen LogP contribution in [0.2, 0.25) is 0 Å². The summed E-state index contributed by atoms with van der Waals surface area (Å²) < 4.78 is 48.8. The maximum absolute atomic E-state index is 15.8. The van der Waals surface area contributed by atoms with E-state index in [2.05, 4.69) is 38.9 Å². The first-order valence-electron chi connectivity index (χ1n) is 14.0. The normalized spacial score (nSPS) is 21.6. The van der Waals surface area contributed by atoms with Crippen LogP contribution in [0.5, 0.6) is 0 Å². The first-order valence-corrected chi connectivity index (χ1v) is 14.0. The number of carbonyl (C=O) groups is 1. The number of pyridine rings is 2.